The van der Waals surface area contributed by atoms with Crippen LogP contribution in [-0.4, -0.2) is 5.91 Å². The molecule has 2 nitrogen and oxygen atoms in total. The van der Waals surface area contributed by atoms with Gasteiger partial charge in [0.15, 0.2) is 0 Å². The molecule has 0 heterocycles. The number of amides is 1. The Morgan fingerprint density at radius 3 is 2.62 bits per heavy atom. The Morgan fingerprint density at radius 1 is 1.25 bits per heavy atom. The van der Waals surface area contributed by atoms with E-state index in [9.17, 15) is 4.79 Å². The van der Waals surface area contributed by atoms with Gasteiger partial charge in [0.1, 0.15) is 0 Å². The Bertz CT molecular complexity index is 717. The fraction of sp³-hybridized carbons (Fsp3) is 0.409. The zero-order valence-electron chi connectivity index (χ0n) is 15.0. The van der Waals surface area contributed by atoms with Crippen LogP contribution in [0.5, 0.6) is 0 Å². The fourth-order valence-corrected chi connectivity index (χ4v) is 3.68. The first-order chi connectivity index (χ1) is 11.6. The number of benzene rings is 2. The zero-order chi connectivity index (χ0) is 17.5. The monoisotopic (exact) mass is 323 g/mol. The van der Waals surface area contributed by atoms with E-state index in [0.717, 1.165) is 54.9 Å². The third kappa shape index (κ3) is 3.87. The van der Waals surface area contributed by atoms with Crippen LogP contribution in [0.25, 0.3) is 10.8 Å². The van der Waals surface area contributed by atoms with Crippen LogP contribution in [0.1, 0.15) is 73.4 Å². The van der Waals surface area contributed by atoms with Crippen molar-refractivity contribution < 1.29 is 4.79 Å². The lowest BCUT2D eigenvalue weighted by atomic mass is 9.81. The number of hydrogen-bond acceptors (Lipinski definition) is 1. The Morgan fingerprint density at radius 2 is 2.00 bits per heavy atom. The number of hydrogen-bond donors (Lipinski definition) is 1. The summed E-state index contributed by atoms with van der Waals surface area (Å²) in [6.07, 6.45) is 8.37. The number of unbranched alkanes of at least 4 members (excludes halogenated alkanes) is 2. The van der Waals surface area contributed by atoms with Crippen LogP contribution in [0.15, 0.2) is 43.0 Å². The van der Waals surface area contributed by atoms with Crippen molar-refractivity contribution in [1.82, 2.24) is 0 Å². The van der Waals surface area contributed by atoms with Crippen LogP contribution in [0.2, 0.25) is 0 Å². The third-order valence-electron chi connectivity index (χ3n) is 4.91. The summed E-state index contributed by atoms with van der Waals surface area (Å²) in [7, 11) is 0. The van der Waals surface area contributed by atoms with Crippen LogP contribution in [-0.2, 0) is 6.42 Å². The van der Waals surface area contributed by atoms with Gasteiger partial charge in [-0.2, -0.15) is 0 Å². The van der Waals surface area contributed by atoms with Gasteiger partial charge < -0.3 is 5.73 Å². The Balaban J connectivity index is 2.54. The minimum Gasteiger partial charge on any atom is -0.366 e. The lowest BCUT2D eigenvalue weighted by Gasteiger charge is -2.23. The molecule has 0 fully saturated rings. The quantitative estimate of drug-likeness (QED) is 0.464. The third-order valence-corrected chi connectivity index (χ3v) is 4.91. The van der Waals surface area contributed by atoms with Gasteiger partial charge in [-0.25, -0.2) is 0 Å². The van der Waals surface area contributed by atoms with E-state index in [4.69, 9.17) is 5.73 Å². The number of carbonyl (C=O) groups excluding carboxylic acids is 1. The summed E-state index contributed by atoms with van der Waals surface area (Å²) >= 11 is 0. The molecule has 1 amide bonds. The normalized spacial score (nSPS) is 12.2. The van der Waals surface area contributed by atoms with Gasteiger partial charge in [-0.3, -0.25) is 4.79 Å². The molecule has 2 aromatic rings. The highest BCUT2D eigenvalue weighted by Gasteiger charge is 2.22. The van der Waals surface area contributed by atoms with E-state index in [1.807, 2.05) is 24.3 Å². The van der Waals surface area contributed by atoms with Crippen molar-refractivity contribution >= 4 is 16.7 Å². The van der Waals surface area contributed by atoms with Crippen LogP contribution in [0.3, 0.4) is 0 Å². The van der Waals surface area contributed by atoms with Gasteiger partial charge in [-0.05, 0) is 59.9 Å². The summed E-state index contributed by atoms with van der Waals surface area (Å²) in [5, 5.41) is 2.09. The van der Waals surface area contributed by atoms with E-state index in [1.165, 1.54) is 11.1 Å². The Hall–Kier alpha value is -2.09. The van der Waals surface area contributed by atoms with E-state index < -0.39 is 0 Å². The summed E-state index contributed by atoms with van der Waals surface area (Å²) in [5.74, 6) is 0.0814. The molecule has 0 spiro atoms. The van der Waals surface area contributed by atoms with Crippen molar-refractivity contribution in [3.63, 3.8) is 0 Å². The molecule has 2 N–H and O–H groups in total. The molecule has 0 saturated heterocycles. The van der Waals surface area contributed by atoms with Crippen molar-refractivity contribution in [2.75, 3.05) is 0 Å². The molecule has 0 aliphatic carbocycles. The molecule has 0 aliphatic rings. The molecule has 128 valence electrons. The SMILES string of the molecule is C=CCCCCC(CC)c1c(CC)cc2ccccc2c1C(N)=O. The van der Waals surface area contributed by atoms with E-state index >= 15 is 0 Å². The van der Waals surface area contributed by atoms with E-state index in [-0.39, 0.29) is 5.91 Å². The summed E-state index contributed by atoms with van der Waals surface area (Å²) in [6, 6.07) is 10.3. The van der Waals surface area contributed by atoms with Gasteiger partial charge in [0, 0.05) is 0 Å². The lowest BCUT2D eigenvalue weighted by Crippen LogP contribution is -2.18. The van der Waals surface area contributed by atoms with Gasteiger partial charge >= 0.3 is 0 Å². The second kappa shape index (κ2) is 8.68. The number of fused-ring (bicyclic) bond motifs is 1. The highest BCUT2D eigenvalue weighted by molar-refractivity contribution is 6.08. The summed E-state index contributed by atoms with van der Waals surface area (Å²) < 4.78 is 0. The van der Waals surface area contributed by atoms with Gasteiger partial charge in [0.2, 0.25) is 5.91 Å². The summed E-state index contributed by atoms with van der Waals surface area (Å²) in [6.45, 7) is 8.15. The van der Waals surface area contributed by atoms with Crippen molar-refractivity contribution in [2.24, 2.45) is 5.73 Å². The summed E-state index contributed by atoms with van der Waals surface area (Å²) in [5.41, 5.74) is 9.00. The standard InChI is InChI=1S/C22H29NO/c1-4-7-8-9-12-16(5-2)20-17(6-3)15-18-13-10-11-14-19(18)21(20)22(23)24/h4,10-11,13-16H,1,5-9,12H2,2-3H3,(H2,23,24). The van der Waals surface area contributed by atoms with Crippen LogP contribution >= 0.6 is 0 Å². The van der Waals surface area contributed by atoms with Gasteiger partial charge in [0.25, 0.3) is 0 Å². The second-order valence-electron chi connectivity index (χ2n) is 6.44. The minimum absolute atomic E-state index is 0.305. The van der Waals surface area contributed by atoms with Crippen molar-refractivity contribution in [3.05, 3.63) is 59.7 Å². The van der Waals surface area contributed by atoms with Crippen LogP contribution in [0, 0.1) is 0 Å². The highest BCUT2D eigenvalue weighted by atomic mass is 16.1. The number of nitrogens with two attached hydrogens (primary N) is 1. The molecule has 1 unspecified atom stereocenters. The first kappa shape index (κ1) is 18.3. The highest BCUT2D eigenvalue weighted by Crippen LogP contribution is 2.36. The molecule has 2 aromatic carbocycles. The molecule has 2 rings (SSSR count). The summed E-state index contributed by atoms with van der Waals surface area (Å²) in [4.78, 5) is 12.3. The molecule has 0 saturated carbocycles. The second-order valence-corrected chi connectivity index (χ2v) is 6.44. The first-order valence-corrected chi connectivity index (χ1v) is 9.09. The maximum Gasteiger partial charge on any atom is 0.249 e. The molecule has 24 heavy (non-hydrogen) atoms. The fourth-order valence-electron chi connectivity index (χ4n) is 3.68. The molecule has 0 aromatic heterocycles. The number of allylic oxidation sites excluding steroid dienone is 1. The molecular weight excluding hydrogens is 294 g/mol. The topological polar surface area (TPSA) is 43.1 Å². The van der Waals surface area contributed by atoms with Crippen molar-refractivity contribution in [1.29, 1.82) is 0 Å². The maximum absolute atomic E-state index is 12.3. The smallest absolute Gasteiger partial charge is 0.249 e. The average molecular weight is 323 g/mol. The molecule has 2 heteroatoms. The molecule has 0 radical (unpaired) electrons. The molecule has 0 aliphatic heterocycles. The minimum atomic E-state index is -0.305. The van der Waals surface area contributed by atoms with Crippen molar-refractivity contribution in [2.45, 2.75) is 58.3 Å². The first-order valence-electron chi connectivity index (χ1n) is 9.09. The van der Waals surface area contributed by atoms with E-state index in [0.29, 0.717) is 5.92 Å². The van der Waals surface area contributed by atoms with Gasteiger partial charge in [-0.15, -0.1) is 6.58 Å². The molecule has 0 bridgehead atoms. The largest absolute Gasteiger partial charge is 0.366 e. The number of carbonyl (C=O) groups is 1. The maximum atomic E-state index is 12.3. The van der Waals surface area contributed by atoms with Crippen molar-refractivity contribution in [3.8, 4) is 0 Å². The van der Waals surface area contributed by atoms with E-state index in [1.54, 1.807) is 0 Å². The van der Waals surface area contributed by atoms with Gasteiger partial charge in [-0.1, -0.05) is 56.7 Å². The van der Waals surface area contributed by atoms with Crippen LogP contribution in [0.4, 0.5) is 0 Å². The predicted molar refractivity (Wildman–Crippen MR) is 104 cm³/mol. The number of primary amides is 1. The average Bonchev–Trinajstić information content (AvgIpc) is 2.60. The number of rotatable bonds is 9. The number of aryl methyl sites for hydroxylation is 1. The predicted octanol–water partition coefficient (Wildman–Crippen LogP) is 5.74. The van der Waals surface area contributed by atoms with E-state index in [2.05, 4.69) is 32.6 Å². The zero-order valence-corrected chi connectivity index (χ0v) is 15.0. The molecule has 1 atom stereocenters. The van der Waals surface area contributed by atoms with Gasteiger partial charge in [0.05, 0.1) is 5.56 Å². The lowest BCUT2D eigenvalue weighted by molar-refractivity contribution is 0.100. The van der Waals surface area contributed by atoms with Crippen LogP contribution < -0.4 is 5.73 Å². The Kier molecular flexibility index (Phi) is 6.60. The Labute approximate surface area is 145 Å². The molecular formula is C22H29NO.